The van der Waals surface area contributed by atoms with E-state index in [1.165, 1.54) is 31.5 Å². The highest BCUT2D eigenvalue weighted by molar-refractivity contribution is 5.60. The molecule has 2 saturated heterocycles. The summed E-state index contributed by atoms with van der Waals surface area (Å²) in [5, 5.41) is 1.77. The zero-order chi connectivity index (χ0) is 23.4. The second kappa shape index (κ2) is 10.3. The summed E-state index contributed by atoms with van der Waals surface area (Å²) < 4.78 is 12.0. The van der Waals surface area contributed by atoms with Gasteiger partial charge in [0, 0.05) is 37.6 Å². The maximum Gasteiger partial charge on any atom is 0.528 e. The Morgan fingerprint density at radius 2 is 1.73 bits per heavy atom. The summed E-state index contributed by atoms with van der Waals surface area (Å²) in [6, 6.07) is 4.20. The van der Waals surface area contributed by atoms with E-state index < -0.39 is 11.8 Å². The van der Waals surface area contributed by atoms with Crippen LogP contribution in [0.2, 0.25) is 0 Å². The molecule has 2 aliphatic heterocycles. The summed E-state index contributed by atoms with van der Waals surface area (Å²) in [6.45, 7) is 11.3. The monoisotopic (exact) mass is 459 g/mol. The largest absolute Gasteiger partial charge is 0.528 e. The van der Waals surface area contributed by atoms with Gasteiger partial charge in [-0.15, -0.1) is 5.06 Å². The fourth-order valence-electron chi connectivity index (χ4n) is 5.64. The lowest BCUT2D eigenvalue weighted by Gasteiger charge is -2.49. The summed E-state index contributed by atoms with van der Waals surface area (Å²) in [5.41, 5.74) is 0.746. The summed E-state index contributed by atoms with van der Waals surface area (Å²) in [7, 11) is 0. The highest BCUT2D eigenvalue weighted by Crippen LogP contribution is 2.52. The molecule has 0 bridgehead atoms. The van der Waals surface area contributed by atoms with Crippen LogP contribution in [0.5, 0.6) is 0 Å². The molecule has 0 atom stereocenters. The highest BCUT2D eigenvalue weighted by atomic mass is 16.8. The maximum absolute atomic E-state index is 12.0. The van der Waals surface area contributed by atoms with Crippen LogP contribution in [0, 0.1) is 5.41 Å². The number of likely N-dealkylation sites (tertiary alicyclic amines) is 1. The molecular weight excluding hydrogens is 418 g/mol. The SMILES string of the molecule is CC(C)(C)OC(=O)ON1CCC2(CC1)CCC(OCCN1CCCC1)(c1cccnc1)CC2. The molecule has 1 aliphatic carbocycles. The zero-order valence-corrected chi connectivity index (χ0v) is 20.7. The smallest absolute Gasteiger partial charge is 0.427 e. The normalized spacial score (nSPS) is 23.5. The van der Waals surface area contributed by atoms with Crippen molar-refractivity contribution in [1.29, 1.82) is 0 Å². The third-order valence-electron chi connectivity index (χ3n) is 7.67. The second-order valence-electron chi connectivity index (χ2n) is 11.1. The average molecular weight is 460 g/mol. The van der Waals surface area contributed by atoms with Gasteiger partial charge < -0.3 is 19.2 Å². The van der Waals surface area contributed by atoms with Gasteiger partial charge >= 0.3 is 6.16 Å². The second-order valence-corrected chi connectivity index (χ2v) is 11.1. The number of hydroxylamine groups is 2. The van der Waals surface area contributed by atoms with Crippen molar-refractivity contribution >= 4 is 6.16 Å². The minimum absolute atomic E-state index is 0.233. The number of piperidine rings is 1. The molecule has 7 heteroatoms. The number of carbonyl (C=O) groups excluding carboxylic acids is 1. The lowest BCUT2D eigenvalue weighted by molar-refractivity contribution is -0.174. The molecule has 3 aliphatic rings. The Kier molecular flexibility index (Phi) is 7.61. The van der Waals surface area contributed by atoms with Crippen molar-refractivity contribution in [3.63, 3.8) is 0 Å². The molecule has 0 unspecified atom stereocenters. The molecule has 0 amide bonds. The summed E-state index contributed by atoms with van der Waals surface area (Å²) >= 11 is 0. The third-order valence-corrected chi connectivity index (χ3v) is 7.67. The van der Waals surface area contributed by atoms with Crippen LogP contribution in [-0.4, -0.2) is 66.0 Å². The van der Waals surface area contributed by atoms with Gasteiger partial charge in [0.25, 0.3) is 0 Å². The molecule has 33 heavy (non-hydrogen) atoms. The van der Waals surface area contributed by atoms with E-state index in [2.05, 4.69) is 16.0 Å². The van der Waals surface area contributed by atoms with Gasteiger partial charge in [-0.25, -0.2) is 4.79 Å². The number of aromatic nitrogens is 1. The van der Waals surface area contributed by atoms with E-state index in [-0.39, 0.29) is 5.60 Å². The molecule has 0 radical (unpaired) electrons. The Balaban J connectivity index is 1.32. The molecule has 1 aromatic heterocycles. The summed E-state index contributed by atoms with van der Waals surface area (Å²) in [4.78, 5) is 24.4. The number of pyridine rings is 1. The van der Waals surface area contributed by atoms with Gasteiger partial charge in [-0.05, 0) is 96.7 Å². The Labute approximate surface area is 198 Å². The molecule has 1 saturated carbocycles. The van der Waals surface area contributed by atoms with Crippen molar-refractivity contribution < 1.29 is 19.1 Å². The minimum atomic E-state index is -0.607. The fraction of sp³-hybridized carbons (Fsp3) is 0.769. The third kappa shape index (κ3) is 6.46. The zero-order valence-electron chi connectivity index (χ0n) is 20.7. The molecule has 1 aromatic rings. The molecule has 184 valence electrons. The number of nitrogens with zero attached hydrogens (tertiary/aromatic N) is 3. The van der Waals surface area contributed by atoms with Gasteiger partial charge in [-0.2, -0.15) is 0 Å². The number of rotatable bonds is 6. The Hall–Kier alpha value is -1.70. The van der Waals surface area contributed by atoms with E-state index in [9.17, 15) is 4.79 Å². The van der Waals surface area contributed by atoms with E-state index in [4.69, 9.17) is 14.3 Å². The van der Waals surface area contributed by atoms with E-state index in [1.54, 1.807) is 5.06 Å². The van der Waals surface area contributed by atoms with Crippen LogP contribution in [0.4, 0.5) is 4.79 Å². The van der Waals surface area contributed by atoms with Crippen LogP contribution in [0.3, 0.4) is 0 Å². The van der Waals surface area contributed by atoms with Crippen molar-refractivity contribution in [3.05, 3.63) is 30.1 Å². The molecule has 3 fully saturated rings. The van der Waals surface area contributed by atoms with Crippen molar-refractivity contribution in [2.75, 3.05) is 39.3 Å². The van der Waals surface area contributed by atoms with Gasteiger partial charge in [-0.1, -0.05) is 6.07 Å². The van der Waals surface area contributed by atoms with Gasteiger partial charge in [-0.3, -0.25) is 4.98 Å². The van der Waals surface area contributed by atoms with E-state index in [0.29, 0.717) is 5.41 Å². The van der Waals surface area contributed by atoms with Crippen LogP contribution in [-0.2, 0) is 19.9 Å². The molecule has 3 heterocycles. The predicted molar refractivity (Wildman–Crippen MR) is 127 cm³/mol. The molecule has 7 nitrogen and oxygen atoms in total. The maximum atomic E-state index is 12.0. The topological polar surface area (TPSA) is 64.1 Å². The van der Waals surface area contributed by atoms with Crippen molar-refractivity contribution in [3.8, 4) is 0 Å². The van der Waals surface area contributed by atoms with Crippen LogP contribution < -0.4 is 0 Å². The lowest BCUT2D eigenvalue weighted by Crippen LogP contribution is -2.46. The van der Waals surface area contributed by atoms with Crippen molar-refractivity contribution in [1.82, 2.24) is 14.9 Å². The van der Waals surface area contributed by atoms with Gasteiger partial charge in [0.05, 0.1) is 12.2 Å². The van der Waals surface area contributed by atoms with Crippen LogP contribution in [0.1, 0.15) is 77.7 Å². The van der Waals surface area contributed by atoms with Crippen LogP contribution in [0.15, 0.2) is 24.5 Å². The van der Waals surface area contributed by atoms with E-state index in [1.807, 2.05) is 39.2 Å². The van der Waals surface area contributed by atoms with Crippen LogP contribution in [0.25, 0.3) is 0 Å². The first-order chi connectivity index (χ1) is 15.8. The Morgan fingerprint density at radius 1 is 1.03 bits per heavy atom. The number of hydrogen-bond acceptors (Lipinski definition) is 7. The van der Waals surface area contributed by atoms with Gasteiger partial charge in [0.2, 0.25) is 0 Å². The first-order valence-corrected chi connectivity index (χ1v) is 12.7. The van der Waals surface area contributed by atoms with Gasteiger partial charge in [0.15, 0.2) is 0 Å². The number of hydrogen-bond donors (Lipinski definition) is 0. The van der Waals surface area contributed by atoms with Crippen molar-refractivity contribution in [2.24, 2.45) is 5.41 Å². The Morgan fingerprint density at radius 3 is 2.33 bits per heavy atom. The fourth-order valence-corrected chi connectivity index (χ4v) is 5.64. The molecule has 0 aromatic carbocycles. The summed E-state index contributed by atoms with van der Waals surface area (Å²) in [5.74, 6) is 0. The molecule has 4 rings (SSSR count). The standard InChI is InChI=1S/C26H41N3O4/c1-24(2,3)32-23(30)33-29-17-12-25(13-18-29)8-10-26(11-9-25,22-7-6-14-27-21-22)31-20-19-28-15-4-5-16-28/h6-7,14,21H,4-5,8-13,15-20H2,1-3H3. The lowest BCUT2D eigenvalue weighted by atomic mass is 9.63. The van der Waals surface area contributed by atoms with Crippen molar-refractivity contribution in [2.45, 2.75) is 83.3 Å². The molecular formula is C26H41N3O4. The molecule has 1 spiro atoms. The Bertz CT molecular complexity index is 755. The van der Waals surface area contributed by atoms with E-state index >= 15 is 0 Å². The first-order valence-electron chi connectivity index (χ1n) is 12.7. The number of carbonyl (C=O) groups is 1. The number of ether oxygens (including phenoxy) is 2. The quantitative estimate of drug-likeness (QED) is 0.560. The van der Waals surface area contributed by atoms with E-state index in [0.717, 1.165) is 64.8 Å². The highest BCUT2D eigenvalue weighted by Gasteiger charge is 2.46. The summed E-state index contributed by atoms with van der Waals surface area (Å²) in [6.07, 6.45) is 12.2. The minimum Gasteiger partial charge on any atom is -0.427 e. The predicted octanol–water partition coefficient (Wildman–Crippen LogP) is 4.91. The first kappa shape index (κ1) is 24.4. The average Bonchev–Trinajstić information content (AvgIpc) is 3.30. The van der Waals surface area contributed by atoms with Crippen LogP contribution >= 0.6 is 0 Å². The van der Waals surface area contributed by atoms with Gasteiger partial charge in [0.1, 0.15) is 5.60 Å². The molecule has 0 N–H and O–H groups in total.